The van der Waals surface area contributed by atoms with Crippen LogP contribution in [0.5, 0.6) is 0 Å². The fourth-order valence-electron chi connectivity index (χ4n) is 2.18. The van der Waals surface area contributed by atoms with Crippen LogP contribution in [-0.2, 0) is 6.42 Å². The Balaban J connectivity index is 1.58. The summed E-state index contributed by atoms with van der Waals surface area (Å²) in [6.45, 7) is 0.863. The summed E-state index contributed by atoms with van der Waals surface area (Å²) in [6.07, 6.45) is 6.51. The normalized spacial score (nSPS) is 10.3. The highest BCUT2D eigenvalue weighted by Crippen LogP contribution is 2.18. The number of aromatic nitrogens is 2. The number of nitrogens with zero attached hydrogens (tertiary/aromatic N) is 2. The molecule has 3 rings (SSSR count). The summed E-state index contributed by atoms with van der Waals surface area (Å²) in [5.74, 6) is 0.906. The highest BCUT2D eigenvalue weighted by atomic mass is 15.0. The van der Waals surface area contributed by atoms with E-state index in [4.69, 9.17) is 0 Å². The molecule has 0 saturated carbocycles. The van der Waals surface area contributed by atoms with Crippen molar-refractivity contribution in [2.75, 3.05) is 11.9 Å². The number of hydrogen-bond acceptors (Lipinski definition) is 3. The van der Waals surface area contributed by atoms with Crippen molar-refractivity contribution in [1.82, 2.24) is 9.97 Å². The number of pyridine rings is 2. The first-order valence-corrected chi connectivity index (χ1v) is 7.06. The molecule has 0 atom stereocenters. The van der Waals surface area contributed by atoms with Crippen molar-refractivity contribution in [1.29, 1.82) is 0 Å². The molecule has 3 aromatic rings. The van der Waals surface area contributed by atoms with Crippen molar-refractivity contribution < 1.29 is 0 Å². The zero-order valence-corrected chi connectivity index (χ0v) is 11.7. The zero-order chi connectivity index (χ0) is 14.3. The van der Waals surface area contributed by atoms with Crippen molar-refractivity contribution in [2.45, 2.75) is 6.42 Å². The van der Waals surface area contributed by atoms with Crippen molar-refractivity contribution in [3.05, 3.63) is 78.8 Å². The number of hydrogen-bond donors (Lipinski definition) is 1. The number of rotatable bonds is 5. The highest BCUT2D eigenvalue weighted by Gasteiger charge is 1.98. The molecule has 0 amide bonds. The molecule has 0 aliphatic heterocycles. The summed E-state index contributed by atoms with van der Waals surface area (Å²) in [6, 6.07) is 18.5. The lowest BCUT2D eigenvalue weighted by Crippen LogP contribution is -2.06. The van der Waals surface area contributed by atoms with Crippen molar-refractivity contribution in [3.8, 4) is 11.1 Å². The van der Waals surface area contributed by atoms with Gasteiger partial charge in [-0.25, -0.2) is 4.98 Å². The molecule has 0 aliphatic rings. The maximum Gasteiger partial charge on any atom is 0.125 e. The van der Waals surface area contributed by atoms with Gasteiger partial charge in [-0.15, -0.1) is 0 Å². The molecule has 0 spiro atoms. The first kappa shape index (κ1) is 13.3. The molecule has 104 valence electrons. The van der Waals surface area contributed by atoms with Gasteiger partial charge in [0, 0.05) is 30.7 Å². The Morgan fingerprint density at radius 2 is 1.62 bits per heavy atom. The largest absolute Gasteiger partial charge is 0.370 e. The number of anilines is 1. The third-order valence-corrected chi connectivity index (χ3v) is 3.34. The van der Waals surface area contributed by atoms with Gasteiger partial charge in [0.15, 0.2) is 0 Å². The molecule has 1 aromatic carbocycles. The molecule has 3 nitrogen and oxygen atoms in total. The van der Waals surface area contributed by atoms with Crippen LogP contribution < -0.4 is 5.32 Å². The fraction of sp³-hybridized carbons (Fsp3) is 0.111. The van der Waals surface area contributed by atoms with Gasteiger partial charge in [-0.1, -0.05) is 30.3 Å². The average Bonchev–Trinajstić information content (AvgIpc) is 2.57. The van der Waals surface area contributed by atoms with Gasteiger partial charge in [0.2, 0.25) is 0 Å². The molecule has 3 heteroatoms. The molecule has 2 aromatic heterocycles. The maximum absolute atomic E-state index is 4.46. The molecule has 0 aliphatic carbocycles. The molecule has 0 saturated heterocycles. The summed E-state index contributed by atoms with van der Waals surface area (Å²) in [7, 11) is 0. The van der Waals surface area contributed by atoms with Crippen LogP contribution >= 0.6 is 0 Å². The van der Waals surface area contributed by atoms with Crippen LogP contribution in [0.1, 0.15) is 5.56 Å². The van der Waals surface area contributed by atoms with E-state index in [0.717, 1.165) is 24.3 Å². The van der Waals surface area contributed by atoms with E-state index in [-0.39, 0.29) is 0 Å². The smallest absolute Gasteiger partial charge is 0.125 e. The third kappa shape index (κ3) is 3.66. The number of benzene rings is 1. The lowest BCUT2D eigenvalue weighted by Gasteiger charge is -2.07. The third-order valence-electron chi connectivity index (χ3n) is 3.34. The van der Waals surface area contributed by atoms with Gasteiger partial charge in [-0.05, 0) is 41.8 Å². The van der Waals surface area contributed by atoms with Crippen LogP contribution in [0.3, 0.4) is 0 Å². The molecule has 2 heterocycles. The second-order valence-electron chi connectivity index (χ2n) is 4.83. The van der Waals surface area contributed by atoms with Gasteiger partial charge in [-0.3, -0.25) is 4.98 Å². The lowest BCUT2D eigenvalue weighted by molar-refractivity contribution is 1.00. The molecule has 0 bridgehead atoms. The monoisotopic (exact) mass is 275 g/mol. The van der Waals surface area contributed by atoms with E-state index in [2.05, 4.69) is 33.5 Å². The van der Waals surface area contributed by atoms with E-state index in [1.807, 2.05) is 55.0 Å². The minimum atomic E-state index is 0.863. The summed E-state index contributed by atoms with van der Waals surface area (Å²) in [5, 5.41) is 3.34. The van der Waals surface area contributed by atoms with Crippen molar-refractivity contribution in [2.24, 2.45) is 0 Å². The Hall–Kier alpha value is -2.68. The predicted molar refractivity (Wildman–Crippen MR) is 86.1 cm³/mol. The lowest BCUT2D eigenvalue weighted by atomic mass is 10.1. The van der Waals surface area contributed by atoms with Gasteiger partial charge in [0.05, 0.1) is 0 Å². The molecule has 0 unspecified atom stereocenters. The van der Waals surface area contributed by atoms with Gasteiger partial charge in [-0.2, -0.15) is 0 Å². The molecule has 21 heavy (non-hydrogen) atoms. The second-order valence-corrected chi connectivity index (χ2v) is 4.83. The molecular formula is C18H17N3. The Labute approximate surface area is 124 Å². The Morgan fingerprint density at radius 1 is 0.810 bits per heavy atom. The molecule has 0 fully saturated rings. The van der Waals surface area contributed by atoms with Crippen LogP contribution in [0.4, 0.5) is 5.82 Å². The van der Waals surface area contributed by atoms with Gasteiger partial charge in [0.25, 0.3) is 0 Å². The van der Waals surface area contributed by atoms with Crippen molar-refractivity contribution in [3.63, 3.8) is 0 Å². The predicted octanol–water partition coefficient (Wildman–Crippen LogP) is 3.80. The number of nitrogens with one attached hydrogen (secondary N) is 1. The first-order chi connectivity index (χ1) is 10.4. The van der Waals surface area contributed by atoms with Crippen LogP contribution in [0, 0.1) is 0 Å². The minimum absolute atomic E-state index is 0.863. The summed E-state index contributed by atoms with van der Waals surface area (Å²) < 4.78 is 0. The maximum atomic E-state index is 4.46. The van der Waals surface area contributed by atoms with E-state index in [1.165, 1.54) is 11.1 Å². The van der Waals surface area contributed by atoms with E-state index in [1.54, 1.807) is 0 Å². The van der Waals surface area contributed by atoms with Crippen LogP contribution in [0.2, 0.25) is 0 Å². The van der Waals surface area contributed by atoms with E-state index < -0.39 is 0 Å². The van der Waals surface area contributed by atoms with E-state index in [9.17, 15) is 0 Å². The first-order valence-electron chi connectivity index (χ1n) is 7.06. The fourth-order valence-corrected chi connectivity index (χ4v) is 2.18. The Bertz CT molecular complexity index is 664. The quantitative estimate of drug-likeness (QED) is 0.769. The zero-order valence-electron chi connectivity index (χ0n) is 11.7. The van der Waals surface area contributed by atoms with Crippen molar-refractivity contribution >= 4 is 5.82 Å². The molecular weight excluding hydrogens is 258 g/mol. The Morgan fingerprint density at radius 3 is 2.33 bits per heavy atom. The molecule has 1 N–H and O–H groups in total. The highest BCUT2D eigenvalue weighted by molar-refractivity contribution is 5.63. The summed E-state index contributed by atoms with van der Waals surface area (Å²) in [5.41, 5.74) is 3.60. The van der Waals surface area contributed by atoms with Crippen LogP contribution in [0.15, 0.2) is 73.2 Å². The SMILES string of the molecule is c1ccc(-c2ccc(NCCc3ccncc3)nc2)cc1. The Kier molecular flexibility index (Phi) is 4.22. The molecule has 0 radical (unpaired) electrons. The average molecular weight is 275 g/mol. The van der Waals surface area contributed by atoms with E-state index in [0.29, 0.717) is 0 Å². The van der Waals surface area contributed by atoms with E-state index >= 15 is 0 Å². The summed E-state index contributed by atoms with van der Waals surface area (Å²) in [4.78, 5) is 8.48. The van der Waals surface area contributed by atoms with Gasteiger partial charge < -0.3 is 5.32 Å². The van der Waals surface area contributed by atoms with Gasteiger partial charge in [0.1, 0.15) is 5.82 Å². The van der Waals surface area contributed by atoms with Gasteiger partial charge >= 0.3 is 0 Å². The van der Waals surface area contributed by atoms with Crippen LogP contribution in [-0.4, -0.2) is 16.5 Å². The second kappa shape index (κ2) is 6.66. The topological polar surface area (TPSA) is 37.8 Å². The van der Waals surface area contributed by atoms with Crippen LogP contribution in [0.25, 0.3) is 11.1 Å². The standard InChI is InChI=1S/C18H17N3/c1-2-4-16(5-3-1)17-6-7-18(21-14-17)20-13-10-15-8-11-19-12-9-15/h1-9,11-12,14H,10,13H2,(H,20,21). The summed E-state index contributed by atoms with van der Waals surface area (Å²) >= 11 is 0. The minimum Gasteiger partial charge on any atom is -0.370 e.